The second-order valence-corrected chi connectivity index (χ2v) is 8.58. The van der Waals surface area contributed by atoms with Gasteiger partial charge in [0.1, 0.15) is 11.5 Å². The molecule has 4 amide bonds. The van der Waals surface area contributed by atoms with Crippen molar-refractivity contribution < 1.29 is 28.6 Å². The molecule has 198 valence electrons. The van der Waals surface area contributed by atoms with Gasteiger partial charge in [0.05, 0.1) is 32.4 Å². The van der Waals surface area contributed by atoms with Crippen molar-refractivity contribution in [3.63, 3.8) is 0 Å². The molecule has 36 heavy (non-hydrogen) atoms. The first-order chi connectivity index (χ1) is 17.3. The second-order valence-electron chi connectivity index (χ2n) is 8.58. The molecule has 1 aromatic carbocycles. The van der Waals surface area contributed by atoms with Crippen LogP contribution >= 0.6 is 0 Å². The number of carbonyl (C=O) groups excluding carboxylic acids is 3. The van der Waals surface area contributed by atoms with Gasteiger partial charge in [0, 0.05) is 63.6 Å². The molecule has 11 heteroatoms. The van der Waals surface area contributed by atoms with Gasteiger partial charge in [0.25, 0.3) is 0 Å². The van der Waals surface area contributed by atoms with E-state index in [1.165, 1.54) is 12.0 Å². The summed E-state index contributed by atoms with van der Waals surface area (Å²) in [4.78, 5) is 44.1. The van der Waals surface area contributed by atoms with Gasteiger partial charge in [-0.15, -0.1) is 0 Å². The van der Waals surface area contributed by atoms with Gasteiger partial charge in [-0.1, -0.05) is 0 Å². The molecule has 2 N–H and O–H groups in total. The highest BCUT2D eigenvalue weighted by Gasteiger charge is 2.38. The summed E-state index contributed by atoms with van der Waals surface area (Å²) >= 11 is 0. The summed E-state index contributed by atoms with van der Waals surface area (Å²) in [6.07, 6.45) is 0.783. The van der Waals surface area contributed by atoms with Crippen molar-refractivity contribution >= 4 is 18.0 Å². The Bertz CT molecular complexity index is 997. The maximum Gasteiger partial charge on any atom is 0.338 e. The number of likely N-dealkylation sites (N-methyl/N-ethyl adjacent to an activating group) is 1. The lowest BCUT2D eigenvalue weighted by atomic mass is 9.93. The van der Waals surface area contributed by atoms with Crippen LogP contribution in [0.15, 0.2) is 29.5 Å². The molecule has 0 spiro atoms. The molecule has 1 aromatic rings. The highest BCUT2D eigenvalue weighted by Crippen LogP contribution is 2.37. The van der Waals surface area contributed by atoms with Crippen LogP contribution in [0.25, 0.3) is 0 Å². The Labute approximate surface area is 212 Å². The molecule has 3 rings (SSSR count). The fourth-order valence-corrected chi connectivity index (χ4v) is 4.50. The Morgan fingerprint density at radius 3 is 2.56 bits per heavy atom. The van der Waals surface area contributed by atoms with Gasteiger partial charge < -0.3 is 29.7 Å². The number of hydrogen-bond donors (Lipinski definition) is 2. The minimum absolute atomic E-state index is 0.0772. The molecule has 1 unspecified atom stereocenters. The molecule has 2 heterocycles. The number of carbonyl (C=O) groups is 3. The molecule has 0 saturated carbocycles. The summed E-state index contributed by atoms with van der Waals surface area (Å²) in [5.74, 6) is 0.580. The molecule has 0 bridgehead atoms. The van der Waals surface area contributed by atoms with Crippen LogP contribution in [0.3, 0.4) is 0 Å². The number of ether oxygens (including phenoxy) is 3. The molecule has 2 aliphatic rings. The second kappa shape index (κ2) is 12.5. The predicted octanol–water partition coefficient (Wildman–Crippen LogP) is 1.95. The van der Waals surface area contributed by atoms with Gasteiger partial charge in [0.15, 0.2) is 0 Å². The monoisotopic (exact) mass is 503 g/mol. The van der Waals surface area contributed by atoms with Crippen LogP contribution in [0.4, 0.5) is 9.59 Å². The van der Waals surface area contributed by atoms with Crippen LogP contribution in [-0.4, -0.2) is 99.9 Å². The molecule has 0 radical (unpaired) electrons. The zero-order valence-electron chi connectivity index (χ0n) is 21.8. The summed E-state index contributed by atoms with van der Waals surface area (Å²) in [6.45, 7) is 7.31. The quantitative estimate of drug-likeness (QED) is 0.522. The van der Waals surface area contributed by atoms with E-state index >= 15 is 0 Å². The van der Waals surface area contributed by atoms with Crippen LogP contribution in [0.2, 0.25) is 0 Å². The summed E-state index contributed by atoms with van der Waals surface area (Å²) in [5, 5.41) is 5.77. The van der Waals surface area contributed by atoms with Crippen molar-refractivity contribution in [2.24, 2.45) is 0 Å². The number of hydrogen-bond acceptors (Lipinski definition) is 7. The van der Waals surface area contributed by atoms with Crippen molar-refractivity contribution in [2.45, 2.75) is 26.3 Å². The molecule has 1 atom stereocenters. The number of methoxy groups -OCH3 is 2. The van der Waals surface area contributed by atoms with Crippen LogP contribution in [0.5, 0.6) is 11.5 Å². The van der Waals surface area contributed by atoms with Crippen molar-refractivity contribution in [3.05, 3.63) is 35.0 Å². The average molecular weight is 504 g/mol. The van der Waals surface area contributed by atoms with E-state index in [2.05, 4.69) is 15.5 Å². The first-order valence-corrected chi connectivity index (χ1v) is 12.3. The minimum atomic E-state index is -0.762. The fraction of sp³-hybridized carbons (Fsp3) is 0.560. The Morgan fingerprint density at radius 2 is 1.89 bits per heavy atom. The lowest BCUT2D eigenvalue weighted by Gasteiger charge is -2.37. The lowest BCUT2D eigenvalue weighted by molar-refractivity contribution is -0.139. The van der Waals surface area contributed by atoms with Gasteiger partial charge in [-0.25, -0.2) is 14.4 Å². The molecule has 0 aliphatic carbocycles. The molecular weight excluding hydrogens is 466 g/mol. The molecule has 2 aliphatic heterocycles. The number of nitrogens with one attached hydrogen (secondary N) is 2. The Kier molecular flexibility index (Phi) is 9.40. The number of benzene rings is 1. The van der Waals surface area contributed by atoms with Gasteiger partial charge in [-0.3, -0.25) is 9.80 Å². The number of nitrogens with zero attached hydrogens (tertiary/aromatic N) is 3. The summed E-state index contributed by atoms with van der Waals surface area (Å²) in [7, 11) is 4.73. The van der Waals surface area contributed by atoms with E-state index < -0.39 is 12.0 Å². The average Bonchev–Trinajstić information content (AvgIpc) is 3.12. The summed E-state index contributed by atoms with van der Waals surface area (Å²) in [6, 6.07) is 4.08. The summed E-state index contributed by atoms with van der Waals surface area (Å²) in [5.41, 5.74) is 1.54. The lowest BCUT2D eigenvalue weighted by Crippen LogP contribution is -2.49. The van der Waals surface area contributed by atoms with E-state index in [0.29, 0.717) is 61.1 Å². The smallest absolute Gasteiger partial charge is 0.338 e. The van der Waals surface area contributed by atoms with Crippen molar-refractivity contribution in [3.8, 4) is 11.5 Å². The fourth-order valence-electron chi connectivity index (χ4n) is 4.50. The number of amides is 4. The topological polar surface area (TPSA) is 113 Å². The Morgan fingerprint density at radius 1 is 1.11 bits per heavy atom. The van der Waals surface area contributed by atoms with Crippen LogP contribution in [-0.2, 0) is 9.53 Å². The number of urea groups is 2. The van der Waals surface area contributed by atoms with Gasteiger partial charge in [-0.2, -0.15) is 0 Å². The standard InChI is InChI=1S/C25H37N5O6/c1-6-26-24(32)30-12-8-11-29(13-14-30)16-19-21(23(31)36-7-2)22(27-25(33)28(19)3)18-10-9-17(34-4)15-20(18)35-5/h9-10,15,22H,6-8,11-14,16H2,1-5H3,(H,26,32)(H,27,33). The SMILES string of the molecule is CCNC(=O)N1CCCN(CC2=C(C(=O)OCC)C(c3ccc(OC)cc3OC)NC(=O)N2C)CC1. The van der Waals surface area contributed by atoms with Gasteiger partial charge in [0.2, 0.25) is 0 Å². The molecular formula is C25H37N5O6. The van der Waals surface area contributed by atoms with Crippen molar-refractivity contribution in [2.75, 3.05) is 67.1 Å². The normalized spacial score (nSPS) is 18.9. The number of esters is 1. The molecule has 1 fully saturated rings. The van der Waals surface area contributed by atoms with E-state index in [9.17, 15) is 14.4 Å². The third kappa shape index (κ3) is 6.01. The van der Waals surface area contributed by atoms with E-state index in [1.54, 1.807) is 44.2 Å². The summed E-state index contributed by atoms with van der Waals surface area (Å²) < 4.78 is 16.3. The van der Waals surface area contributed by atoms with E-state index in [1.807, 2.05) is 6.92 Å². The first kappa shape index (κ1) is 27.1. The minimum Gasteiger partial charge on any atom is -0.497 e. The van der Waals surface area contributed by atoms with Crippen LogP contribution < -0.4 is 20.1 Å². The van der Waals surface area contributed by atoms with Gasteiger partial charge in [-0.05, 0) is 32.4 Å². The maximum absolute atomic E-state index is 13.3. The predicted molar refractivity (Wildman–Crippen MR) is 134 cm³/mol. The molecule has 0 aromatic heterocycles. The highest BCUT2D eigenvalue weighted by molar-refractivity contribution is 5.95. The highest BCUT2D eigenvalue weighted by atomic mass is 16.5. The van der Waals surface area contributed by atoms with Crippen LogP contribution in [0.1, 0.15) is 31.9 Å². The molecule has 11 nitrogen and oxygen atoms in total. The zero-order chi connectivity index (χ0) is 26.2. The maximum atomic E-state index is 13.3. The number of rotatable bonds is 8. The van der Waals surface area contributed by atoms with Crippen molar-refractivity contribution in [1.82, 2.24) is 25.3 Å². The zero-order valence-corrected chi connectivity index (χ0v) is 21.8. The third-order valence-electron chi connectivity index (χ3n) is 6.40. The third-order valence-corrected chi connectivity index (χ3v) is 6.40. The largest absolute Gasteiger partial charge is 0.497 e. The van der Waals surface area contributed by atoms with Crippen LogP contribution in [0, 0.1) is 0 Å². The van der Waals surface area contributed by atoms with E-state index in [4.69, 9.17) is 14.2 Å². The van der Waals surface area contributed by atoms with Gasteiger partial charge >= 0.3 is 18.0 Å². The van der Waals surface area contributed by atoms with E-state index in [-0.39, 0.29) is 18.7 Å². The van der Waals surface area contributed by atoms with Crippen molar-refractivity contribution in [1.29, 1.82) is 0 Å². The Balaban J connectivity index is 1.98. The Hall–Kier alpha value is -3.47. The first-order valence-electron chi connectivity index (χ1n) is 12.3. The van der Waals surface area contributed by atoms with E-state index in [0.717, 1.165) is 13.0 Å². The molecule has 1 saturated heterocycles.